The number of para-hydroxylation sites is 1. The number of carbonyl (C=O) groups excluding carboxylic acids is 1. The fraction of sp³-hybridized carbons (Fsp3) is 0.417. The van der Waals surface area contributed by atoms with Crippen LogP contribution in [0.3, 0.4) is 0 Å². The predicted molar refractivity (Wildman–Crippen MR) is 72.2 cm³/mol. The third kappa shape index (κ3) is 2.56. The van der Waals surface area contributed by atoms with Gasteiger partial charge in [-0.25, -0.2) is 0 Å². The van der Waals surface area contributed by atoms with Crippen molar-refractivity contribution in [3.63, 3.8) is 0 Å². The van der Waals surface area contributed by atoms with E-state index in [1.807, 2.05) is 0 Å². The topological polar surface area (TPSA) is 111 Å². The van der Waals surface area contributed by atoms with E-state index in [0.29, 0.717) is 13.1 Å². The molecule has 1 aromatic carbocycles. The molecule has 0 spiro atoms. The molecule has 1 aromatic rings. The van der Waals surface area contributed by atoms with Gasteiger partial charge in [0.25, 0.3) is 5.91 Å². The number of hydrogen-bond donors (Lipinski definition) is 2. The monoisotopic (exact) mass is 280 g/mol. The minimum absolute atomic E-state index is 0.0196. The van der Waals surface area contributed by atoms with Crippen LogP contribution in [-0.4, -0.2) is 42.0 Å². The quantitative estimate of drug-likeness (QED) is 0.478. The number of nitrogens with two attached hydrogens (primary N) is 1. The van der Waals surface area contributed by atoms with Crippen molar-refractivity contribution >= 4 is 17.3 Å². The number of nitrogens with one attached hydrogen (secondary N) is 1. The van der Waals surface area contributed by atoms with Gasteiger partial charge in [-0.1, -0.05) is 6.07 Å². The average Bonchev–Trinajstić information content (AvgIpc) is 2.94. The summed E-state index contributed by atoms with van der Waals surface area (Å²) in [6, 6.07) is 4.44. The molecule has 0 radical (unpaired) electrons. The van der Waals surface area contributed by atoms with Gasteiger partial charge in [-0.15, -0.1) is 0 Å². The van der Waals surface area contributed by atoms with Crippen molar-refractivity contribution in [1.82, 2.24) is 4.90 Å². The first-order valence-electron chi connectivity index (χ1n) is 6.14. The van der Waals surface area contributed by atoms with E-state index in [1.165, 1.54) is 12.1 Å². The molecule has 1 aliphatic heterocycles. The lowest BCUT2D eigenvalue weighted by Crippen LogP contribution is -2.30. The van der Waals surface area contributed by atoms with Crippen LogP contribution in [0, 0.1) is 10.1 Å². The Kier molecular flexibility index (Phi) is 4.16. The number of anilines is 1. The van der Waals surface area contributed by atoms with Gasteiger partial charge in [-0.05, 0) is 18.6 Å². The van der Waals surface area contributed by atoms with E-state index in [1.54, 1.807) is 18.1 Å². The van der Waals surface area contributed by atoms with Crippen molar-refractivity contribution in [3.05, 3.63) is 33.9 Å². The Balaban J connectivity index is 2.33. The number of benzene rings is 1. The lowest BCUT2D eigenvalue weighted by molar-refractivity contribution is -0.384. The standard InChI is InChI=1S/C12H16N4O4/c1-20-8-5-6-15(7-8)12(17)9-3-2-4-10(14-13)11(9)16(18)19/h2-4,8,14H,5-7,13H2,1H3. The first-order chi connectivity index (χ1) is 9.58. The number of rotatable bonds is 4. The summed E-state index contributed by atoms with van der Waals surface area (Å²) in [5.41, 5.74) is 2.08. The summed E-state index contributed by atoms with van der Waals surface area (Å²) in [7, 11) is 1.58. The van der Waals surface area contributed by atoms with Crippen molar-refractivity contribution in [3.8, 4) is 0 Å². The molecule has 0 saturated carbocycles. The number of amides is 1. The van der Waals surface area contributed by atoms with Crippen molar-refractivity contribution in [2.75, 3.05) is 25.6 Å². The Hall–Kier alpha value is -2.19. The maximum absolute atomic E-state index is 12.4. The first-order valence-corrected chi connectivity index (χ1v) is 6.14. The van der Waals surface area contributed by atoms with Crippen LogP contribution in [-0.2, 0) is 4.74 Å². The van der Waals surface area contributed by atoms with Crippen LogP contribution < -0.4 is 11.3 Å². The number of nitro groups is 1. The molecule has 8 heteroatoms. The maximum Gasteiger partial charge on any atom is 0.306 e. The summed E-state index contributed by atoms with van der Waals surface area (Å²) < 4.78 is 5.19. The van der Waals surface area contributed by atoms with Gasteiger partial charge in [-0.3, -0.25) is 20.8 Å². The summed E-state index contributed by atoms with van der Waals surface area (Å²) in [6.45, 7) is 0.960. The van der Waals surface area contributed by atoms with E-state index in [-0.39, 0.29) is 28.9 Å². The molecule has 1 aliphatic rings. The molecule has 2 rings (SSSR count). The lowest BCUT2D eigenvalue weighted by Gasteiger charge is -2.16. The van der Waals surface area contributed by atoms with Gasteiger partial charge in [0.2, 0.25) is 0 Å². The number of nitrogens with zero attached hydrogens (tertiary/aromatic N) is 2. The Morgan fingerprint density at radius 1 is 1.60 bits per heavy atom. The van der Waals surface area contributed by atoms with Crippen LogP contribution in [0.1, 0.15) is 16.8 Å². The van der Waals surface area contributed by atoms with Gasteiger partial charge in [-0.2, -0.15) is 0 Å². The first kappa shape index (κ1) is 14.2. The van der Waals surface area contributed by atoms with E-state index >= 15 is 0 Å². The number of hydrogen-bond acceptors (Lipinski definition) is 6. The predicted octanol–water partition coefficient (Wildman–Crippen LogP) is 0.741. The maximum atomic E-state index is 12.4. The number of nitrogen functional groups attached to an aromatic ring is 1. The molecule has 0 bridgehead atoms. The normalized spacial score (nSPS) is 18.1. The molecule has 1 atom stereocenters. The fourth-order valence-corrected chi connectivity index (χ4v) is 2.30. The van der Waals surface area contributed by atoms with Crippen LogP contribution in [0.2, 0.25) is 0 Å². The zero-order chi connectivity index (χ0) is 14.7. The van der Waals surface area contributed by atoms with Gasteiger partial charge < -0.3 is 15.1 Å². The highest BCUT2D eigenvalue weighted by molar-refractivity contribution is 6.00. The van der Waals surface area contributed by atoms with Gasteiger partial charge in [0, 0.05) is 20.2 Å². The number of nitro benzene ring substituents is 1. The molecule has 0 aliphatic carbocycles. The van der Waals surface area contributed by atoms with Crippen molar-refractivity contribution in [2.24, 2.45) is 5.84 Å². The van der Waals surface area contributed by atoms with Crippen molar-refractivity contribution < 1.29 is 14.5 Å². The van der Waals surface area contributed by atoms with Crippen LogP contribution >= 0.6 is 0 Å². The van der Waals surface area contributed by atoms with Crippen molar-refractivity contribution in [1.29, 1.82) is 0 Å². The second-order valence-electron chi connectivity index (χ2n) is 4.50. The molecule has 8 nitrogen and oxygen atoms in total. The van der Waals surface area contributed by atoms with Crippen LogP contribution in [0.25, 0.3) is 0 Å². The summed E-state index contributed by atoms with van der Waals surface area (Å²) in [5.74, 6) is 4.87. The molecular formula is C12H16N4O4. The zero-order valence-corrected chi connectivity index (χ0v) is 11.0. The Bertz CT molecular complexity index is 534. The molecule has 20 heavy (non-hydrogen) atoms. The Labute approximate surface area is 115 Å². The third-order valence-electron chi connectivity index (χ3n) is 3.37. The summed E-state index contributed by atoms with van der Waals surface area (Å²) in [4.78, 5) is 24.5. The molecule has 1 unspecified atom stereocenters. The molecule has 1 heterocycles. The highest BCUT2D eigenvalue weighted by atomic mass is 16.6. The lowest BCUT2D eigenvalue weighted by atomic mass is 10.1. The highest BCUT2D eigenvalue weighted by Crippen LogP contribution is 2.29. The molecule has 1 fully saturated rings. The third-order valence-corrected chi connectivity index (χ3v) is 3.37. The van der Waals surface area contributed by atoms with Crippen LogP contribution in [0.15, 0.2) is 18.2 Å². The van der Waals surface area contributed by atoms with Crippen molar-refractivity contribution in [2.45, 2.75) is 12.5 Å². The Morgan fingerprint density at radius 2 is 2.35 bits per heavy atom. The number of likely N-dealkylation sites (tertiary alicyclic amines) is 1. The van der Waals surface area contributed by atoms with Crippen LogP contribution in [0.5, 0.6) is 0 Å². The Morgan fingerprint density at radius 3 is 2.90 bits per heavy atom. The minimum Gasteiger partial charge on any atom is -0.380 e. The van der Waals surface area contributed by atoms with Gasteiger partial charge in [0.15, 0.2) is 0 Å². The summed E-state index contributed by atoms with van der Waals surface area (Å²) in [6.07, 6.45) is 0.707. The van der Waals surface area contributed by atoms with E-state index in [0.717, 1.165) is 6.42 Å². The largest absolute Gasteiger partial charge is 0.380 e. The number of hydrazine groups is 1. The minimum atomic E-state index is -0.605. The number of carbonyl (C=O) groups is 1. The second kappa shape index (κ2) is 5.85. The smallest absolute Gasteiger partial charge is 0.306 e. The van der Waals surface area contributed by atoms with Crippen LogP contribution in [0.4, 0.5) is 11.4 Å². The number of methoxy groups -OCH3 is 1. The molecular weight excluding hydrogens is 264 g/mol. The van der Waals surface area contributed by atoms with E-state index < -0.39 is 4.92 Å². The second-order valence-corrected chi connectivity index (χ2v) is 4.50. The van der Waals surface area contributed by atoms with E-state index in [9.17, 15) is 14.9 Å². The zero-order valence-electron chi connectivity index (χ0n) is 11.0. The summed E-state index contributed by atoms with van der Waals surface area (Å²) in [5, 5.41) is 11.2. The summed E-state index contributed by atoms with van der Waals surface area (Å²) >= 11 is 0. The number of ether oxygens (including phenoxy) is 1. The SMILES string of the molecule is COC1CCN(C(=O)c2cccc(NN)c2[N+](=O)[O-])C1. The fourth-order valence-electron chi connectivity index (χ4n) is 2.30. The van der Waals surface area contributed by atoms with Gasteiger partial charge >= 0.3 is 5.69 Å². The van der Waals surface area contributed by atoms with Gasteiger partial charge in [0.1, 0.15) is 11.3 Å². The van der Waals surface area contributed by atoms with E-state index in [4.69, 9.17) is 10.6 Å². The molecule has 1 amide bonds. The van der Waals surface area contributed by atoms with E-state index in [2.05, 4.69) is 5.43 Å². The molecule has 3 N–H and O–H groups in total. The molecule has 108 valence electrons. The molecule has 0 aromatic heterocycles. The molecule has 1 saturated heterocycles. The van der Waals surface area contributed by atoms with Gasteiger partial charge in [0.05, 0.1) is 11.0 Å². The average molecular weight is 280 g/mol. The highest BCUT2D eigenvalue weighted by Gasteiger charge is 2.32.